The molecule has 0 heterocycles. The molecule has 0 atom stereocenters. The second-order valence-corrected chi connectivity index (χ2v) is 6.89. The Labute approximate surface area is 178 Å². The molecule has 0 radical (unpaired) electrons. The van der Waals surface area contributed by atoms with Crippen LogP contribution in [0.25, 0.3) is 6.08 Å². The van der Waals surface area contributed by atoms with E-state index in [1.54, 1.807) is 6.08 Å². The van der Waals surface area contributed by atoms with Gasteiger partial charge in [-0.1, -0.05) is 55.8 Å². The van der Waals surface area contributed by atoms with E-state index in [4.69, 9.17) is 9.47 Å². The quantitative estimate of drug-likeness (QED) is 0.330. The van der Waals surface area contributed by atoms with Crippen molar-refractivity contribution in [2.45, 2.75) is 26.4 Å². The van der Waals surface area contributed by atoms with Crippen molar-refractivity contribution in [1.29, 1.82) is 0 Å². The van der Waals surface area contributed by atoms with E-state index in [1.165, 1.54) is 6.08 Å². The first-order valence-corrected chi connectivity index (χ1v) is 10.2. The highest BCUT2D eigenvalue weighted by atomic mass is 16.5. The fourth-order valence-corrected chi connectivity index (χ4v) is 2.74. The molecule has 0 aliphatic carbocycles. The molecule has 30 heavy (non-hydrogen) atoms. The van der Waals surface area contributed by atoms with Gasteiger partial charge in [-0.05, 0) is 60.0 Å². The molecule has 3 rings (SSSR count). The molecule has 154 valence electrons. The molecule has 3 aromatic carbocycles. The number of benzene rings is 3. The normalized spacial score (nSPS) is 10.7. The number of unbranched alkanes of at least 4 members (excludes halogenated alkanes) is 1. The summed E-state index contributed by atoms with van der Waals surface area (Å²) < 4.78 is 11.4. The van der Waals surface area contributed by atoms with Gasteiger partial charge in [0.05, 0.1) is 6.61 Å². The Balaban J connectivity index is 1.46. The lowest BCUT2D eigenvalue weighted by molar-refractivity contribution is -0.111. The molecule has 0 aliphatic heterocycles. The molecule has 0 saturated heterocycles. The van der Waals surface area contributed by atoms with Crippen LogP contribution in [0.15, 0.2) is 84.9 Å². The van der Waals surface area contributed by atoms with Crippen molar-refractivity contribution in [1.82, 2.24) is 0 Å². The van der Waals surface area contributed by atoms with Crippen LogP contribution < -0.4 is 14.8 Å². The van der Waals surface area contributed by atoms with Crippen molar-refractivity contribution in [3.05, 3.63) is 96.1 Å². The maximum absolute atomic E-state index is 12.2. The number of carbonyl (C=O) groups is 1. The molecule has 1 N–H and O–H groups in total. The number of nitrogens with one attached hydrogen (secondary N) is 1. The zero-order valence-electron chi connectivity index (χ0n) is 17.2. The van der Waals surface area contributed by atoms with Gasteiger partial charge in [-0.2, -0.15) is 0 Å². The molecule has 4 heteroatoms. The van der Waals surface area contributed by atoms with Crippen molar-refractivity contribution in [2.24, 2.45) is 0 Å². The summed E-state index contributed by atoms with van der Waals surface area (Å²) in [5.74, 6) is 1.42. The first kappa shape index (κ1) is 21.2. The molecule has 0 unspecified atom stereocenters. The van der Waals surface area contributed by atoms with Gasteiger partial charge in [-0.3, -0.25) is 4.79 Å². The summed E-state index contributed by atoms with van der Waals surface area (Å²) in [5.41, 5.74) is 2.78. The van der Waals surface area contributed by atoms with Crippen LogP contribution >= 0.6 is 0 Å². The number of hydrogen-bond donors (Lipinski definition) is 1. The van der Waals surface area contributed by atoms with Crippen molar-refractivity contribution >= 4 is 17.7 Å². The number of rotatable bonds is 10. The van der Waals surface area contributed by atoms with Crippen molar-refractivity contribution in [3.63, 3.8) is 0 Å². The number of hydrogen-bond acceptors (Lipinski definition) is 3. The van der Waals surface area contributed by atoms with Gasteiger partial charge in [0.2, 0.25) is 5.91 Å². The smallest absolute Gasteiger partial charge is 0.248 e. The minimum absolute atomic E-state index is 0.181. The van der Waals surface area contributed by atoms with E-state index < -0.39 is 0 Å². The molecular formula is C26H27NO3. The lowest BCUT2D eigenvalue weighted by atomic mass is 10.2. The highest BCUT2D eigenvalue weighted by Gasteiger charge is 2.00. The van der Waals surface area contributed by atoms with E-state index in [-0.39, 0.29) is 5.91 Å². The van der Waals surface area contributed by atoms with Gasteiger partial charge in [0.15, 0.2) is 0 Å². The lowest BCUT2D eigenvalue weighted by Gasteiger charge is -2.07. The average Bonchev–Trinajstić information content (AvgIpc) is 2.79. The molecule has 0 aromatic heterocycles. The summed E-state index contributed by atoms with van der Waals surface area (Å²) >= 11 is 0. The molecule has 0 fully saturated rings. The van der Waals surface area contributed by atoms with Gasteiger partial charge >= 0.3 is 0 Å². The fraction of sp³-hybridized carbons (Fsp3) is 0.192. The molecule has 0 aliphatic rings. The highest BCUT2D eigenvalue weighted by molar-refractivity contribution is 6.01. The zero-order chi connectivity index (χ0) is 21.0. The molecule has 1 amide bonds. The topological polar surface area (TPSA) is 47.6 Å². The molecule has 0 saturated carbocycles. The third-order valence-corrected chi connectivity index (χ3v) is 4.44. The van der Waals surface area contributed by atoms with E-state index in [1.807, 2.05) is 78.9 Å². The first-order chi connectivity index (χ1) is 14.7. The SMILES string of the molecule is CCCCOc1ccc(NC(=O)/C=C/c2ccc(OCc3ccccc3)cc2)cc1. The Bertz CT molecular complexity index is 932. The van der Waals surface area contributed by atoms with E-state index in [0.29, 0.717) is 13.2 Å². The predicted molar refractivity (Wildman–Crippen MR) is 122 cm³/mol. The monoisotopic (exact) mass is 401 g/mol. The highest BCUT2D eigenvalue weighted by Crippen LogP contribution is 2.17. The van der Waals surface area contributed by atoms with Crippen LogP contribution in [0.1, 0.15) is 30.9 Å². The van der Waals surface area contributed by atoms with Gasteiger partial charge in [0.1, 0.15) is 18.1 Å². The first-order valence-electron chi connectivity index (χ1n) is 10.2. The minimum atomic E-state index is -0.181. The predicted octanol–water partition coefficient (Wildman–Crippen LogP) is 6.10. The third kappa shape index (κ3) is 7.13. The summed E-state index contributed by atoms with van der Waals surface area (Å²) in [6.07, 6.45) is 5.43. The lowest BCUT2D eigenvalue weighted by Crippen LogP contribution is -2.07. The van der Waals surface area contributed by atoms with E-state index in [0.717, 1.165) is 41.2 Å². The van der Waals surface area contributed by atoms with Crippen molar-refractivity contribution in [2.75, 3.05) is 11.9 Å². The molecule has 0 bridgehead atoms. The molecular weight excluding hydrogens is 374 g/mol. The Morgan fingerprint density at radius 3 is 2.23 bits per heavy atom. The number of amides is 1. The van der Waals surface area contributed by atoms with Gasteiger partial charge in [-0.25, -0.2) is 0 Å². The van der Waals surface area contributed by atoms with E-state index >= 15 is 0 Å². The molecule has 4 nitrogen and oxygen atoms in total. The van der Waals surface area contributed by atoms with Crippen molar-refractivity contribution < 1.29 is 14.3 Å². The van der Waals surface area contributed by atoms with Crippen LogP contribution in [-0.2, 0) is 11.4 Å². The van der Waals surface area contributed by atoms with Crippen LogP contribution in [-0.4, -0.2) is 12.5 Å². The Kier molecular flexibility index (Phi) is 8.10. The third-order valence-electron chi connectivity index (χ3n) is 4.44. The van der Waals surface area contributed by atoms with Gasteiger partial charge < -0.3 is 14.8 Å². The van der Waals surface area contributed by atoms with Crippen LogP contribution in [0.2, 0.25) is 0 Å². The second kappa shape index (κ2) is 11.5. The van der Waals surface area contributed by atoms with Crippen LogP contribution in [0.3, 0.4) is 0 Å². The van der Waals surface area contributed by atoms with E-state index in [9.17, 15) is 4.79 Å². The number of ether oxygens (including phenoxy) is 2. The standard InChI is InChI=1S/C26H27NO3/c1-2-3-19-29-24-16-12-23(13-17-24)27-26(28)18-11-21-9-14-25(15-10-21)30-20-22-7-5-4-6-8-22/h4-18H,2-3,19-20H2,1H3,(H,27,28)/b18-11+. The minimum Gasteiger partial charge on any atom is -0.494 e. The van der Waals surface area contributed by atoms with Crippen LogP contribution in [0.5, 0.6) is 11.5 Å². The zero-order valence-corrected chi connectivity index (χ0v) is 17.2. The van der Waals surface area contributed by atoms with Gasteiger partial charge in [0.25, 0.3) is 0 Å². The molecule has 0 spiro atoms. The molecule has 3 aromatic rings. The number of anilines is 1. The van der Waals surface area contributed by atoms with Crippen LogP contribution in [0.4, 0.5) is 5.69 Å². The summed E-state index contributed by atoms with van der Waals surface area (Å²) in [4.78, 5) is 12.2. The maximum atomic E-state index is 12.2. The average molecular weight is 402 g/mol. The van der Waals surface area contributed by atoms with E-state index in [2.05, 4.69) is 12.2 Å². The fourth-order valence-electron chi connectivity index (χ4n) is 2.74. The van der Waals surface area contributed by atoms with Crippen molar-refractivity contribution in [3.8, 4) is 11.5 Å². The largest absolute Gasteiger partial charge is 0.494 e. The maximum Gasteiger partial charge on any atom is 0.248 e. The summed E-state index contributed by atoms with van der Waals surface area (Å²) in [6.45, 7) is 3.37. The Hall–Kier alpha value is -3.53. The summed E-state index contributed by atoms with van der Waals surface area (Å²) in [6, 6.07) is 25.1. The second-order valence-electron chi connectivity index (χ2n) is 6.89. The Morgan fingerprint density at radius 2 is 1.53 bits per heavy atom. The van der Waals surface area contributed by atoms with Gasteiger partial charge in [-0.15, -0.1) is 0 Å². The summed E-state index contributed by atoms with van der Waals surface area (Å²) in [7, 11) is 0. The summed E-state index contributed by atoms with van der Waals surface area (Å²) in [5, 5.41) is 2.85. The Morgan fingerprint density at radius 1 is 0.867 bits per heavy atom. The van der Waals surface area contributed by atoms with Gasteiger partial charge in [0, 0.05) is 11.8 Å². The van der Waals surface area contributed by atoms with Crippen LogP contribution in [0, 0.1) is 0 Å². The number of carbonyl (C=O) groups excluding carboxylic acids is 1.